The monoisotopic (exact) mass is 238 g/mol. The van der Waals surface area contributed by atoms with Crippen LogP contribution in [0.1, 0.15) is 57.8 Å². The minimum atomic E-state index is 0.150. The van der Waals surface area contributed by atoms with Crippen LogP contribution in [0.25, 0.3) is 0 Å². The molecular formula is C14H26N2O. The van der Waals surface area contributed by atoms with Gasteiger partial charge in [-0.3, -0.25) is 0 Å². The van der Waals surface area contributed by atoms with Crippen LogP contribution in [0.2, 0.25) is 0 Å². The number of amides is 2. The summed E-state index contributed by atoms with van der Waals surface area (Å²) < 4.78 is 0. The van der Waals surface area contributed by atoms with Crippen molar-refractivity contribution in [3.63, 3.8) is 0 Å². The zero-order valence-corrected chi connectivity index (χ0v) is 10.9. The Bertz CT molecular complexity index is 234. The van der Waals surface area contributed by atoms with Gasteiger partial charge in [-0.25, -0.2) is 4.79 Å². The molecule has 98 valence electrons. The van der Waals surface area contributed by atoms with Crippen molar-refractivity contribution >= 4 is 6.03 Å². The van der Waals surface area contributed by atoms with E-state index in [1.807, 2.05) is 4.90 Å². The minimum Gasteiger partial charge on any atom is -0.338 e. The van der Waals surface area contributed by atoms with Gasteiger partial charge in [-0.15, -0.1) is 0 Å². The fourth-order valence-corrected chi connectivity index (χ4v) is 3.12. The van der Waals surface area contributed by atoms with E-state index in [4.69, 9.17) is 0 Å². The predicted molar refractivity (Wildman–Crippen MR) is 70.0 cm³/mol. The number of carbonyl (C=O) groups excluding carboxylic acids is 1. The van der Waals surface area contributed by atoms with Crippen molar-refractivity contribution < 1.29 is 4.79 Å². The van der Waals surface area contributed by atoms with E-state index < -0.39 is 0 Å². The van der Waals surface area contributed by atoms with Crippen molar-refractivity contribution in [1.82, 2.24) is 10.2 Å². The topological polar surface area (TPSA) is 32.3 Å². The average molecular weight is 238 g/mol. The fourth-order valence-electron chi connectivity index (χ4n) is 3.12. The molecule has 0 aromatic carbocycles. The lowest BCUT2D eigenvalue weighted by Gasteiger charge is -2.28. The van der Waals surface area contributed by atoms with E-state index in [0.717, 1.165) is 32.0 Å². The zero-order chi connectivity index (χ0) is 11.9. The van der Waals surface area contributed by atoms with Gasteiger partial charge in [0.25, 0.3) is 0 Å². The molecule has 1 heterocycles. The lowest BCUT2D eigenvalue weighted by atomic mass is 9.95. The smallest absolute Gasteiger partial charge is 0.317 e. The van der Waals surface area contributed by atoms with E-state index in [-0.39, 0.29) is 6.03 Å². The second-order valence-electron chi connectivity index (χ2n) is 5.57. The molecular weight excluding hydrogens is 212 g/mol. The molecule has 2 rings (SSSR count). The summed E-state index contributed by atoms with van der Waals surface area (Å²) in [5, 5.41) is 2.92. The third kappa shape index (κ3) is 4.21. The van der Waals surface area contributed by atoms with Gasteiger partial charge in [0.1, 0.15) is 0 Å². The molecule has 2 amide bonds. The lowest BCUT2D eigenvalue weighted by molar-refractivity contribution is 0.183. The van der Waals surface area contributed by atoms with E-state index in [9.17, 15) is 4.79 Å². The molecule has 2 fully saturated rings. The van der Waals surface area contributed by atoms with Crippen molar-refractivity contribution in [3.05, 3.63) is 0 Å². The van der Waals surface area contributed by atoms with Crippen LogP contribution in [0.15, 0.2) is 0 Å². The first-order chi connectivity index (χ1) is 8.36. The molecule has 1 aliphatic carbocycles. The van der Waals surface area contributed by atoms with Gasteiger partial charge >= 0.3 is 6.03 Å². The summed E-state index contributed by atoms with van der Waals surface area (Å²) in [4.78, 5) is 13.5. The summed E-state index contributed by atoms with van der Waals surface area (Å²) in [6.07, 6.45) is 12.2. The van der Waals surface area contributed by atoms with E-state index in [0.29, 0.717) is 0 Å². The quantitative estimate of drug-likeness (QED) is 0.750. The summed E-state index contributed by atoms with van der Waals surface area (Å²) >= 11 is 0. The van der Waals surface area contributed by atoms with Gasteiger partial charge in [-0.05, 0) is 25.2 Å². The molecule has 1 saturated carbocycles. The van der Waals surface area contributed by atoms with Crippen molar-refractivity contribution in [1.29, 1.82) is 0 Å². The first kappa shape index (κ1) is 12.7. The molecule has 0 atom stereocenters. The molecule has 1 aliphatic heterocycles. The molecule has 0 bridgehead atoms. The third-order valence-electron chi connectivity index (χ3n) is 4.18. The Morgan fingerprint density at radius 1 is 1.12 bits per heavy atom. The molecule has 2 aliphatic rings. The Kier molecular flexibility index (Phi) is 5.14. The SMILES string of the molecule is O=C1NCCCN1CCCC1CCCCCC1. The molecule has 0 aromatic heterocycles. The molecule has 0 unspecified atom stereocenters. The lowest BCUT2D eigenvalue weighted by Crippen LogP contribution is -2.46. The first-order valence-electron chi connectivity index (χ1n) is 7.39. The maximum absolute atomic E-state index is 11.5. The number of nitrogens with zero attached hydrogens (tertiary/aromatic N) is 1. The molecule has 17 heavy (non-hydrogen) atoms. The first-order valence-corrected chi connectivity index (χ1v) is 7.39. The van der Waals surface area contributed by atoms with E-state index in [1.165, 1.54) is 51.4 Å². The molecule has 0 radical (unpaired) electrons. The van der Waals surface area contributed by atoms with Crippen molar-refractivity contribution in [2.24, 2.45) is 5.92 Å². The van der Waals surface area contributed by atoms with E-state index >= 15 is 0 Å². The van der Waals surface area contributed by atoms with Crippen LogP contribution in [0, 0.1) is 5.92 Å². The van der Waals surface area contributed by atoms with Gasteiger partial charge in [0.2, 0.25) is 0 Å². The Balaban J connectivity index is 1.62. The predicted octanol–water partition coefficient (Wildman–Crippen LogP) is 3.15. The highest BCUT2D eigenvalue weighted by molar-refractivity contribution is 5.74. The van der Waals surface area contributed by atoms with Gasteiger partial charge in [-0.1, -0.05) is 38.5 Å². The second-order valence-corrected chi connectivity index (χ2v) is 5.57. The molecule has 3 heteroatoms. The Morgan fingerprint density at radius 2 is 1.88 bits per heavy atom. The van der Waals surface area contributed by atoms with E-state index in [1.54, 1.807) is 0 Å². The van der Waals surface area contributed by atoms with Crippen LogP contribution in [0.5, 0.6) is 0 Å². The van der Waals surface area contributed by atoms with E-state index in [2.05, 4.69) is 5.32 Å². The highest BCUT2D eigenvalue weighted by Crippen LogP contribution is 2.26. The van der Waals surface area contributed by atoms with Gasteiger partial charge < -0.3 is 10.2 Å². The van der Waals surface area contributed by atoms with Crippen LogP contribution in [0.4, 0.5) is 4.79 Å². The summed E-state index contributed by atoms with van der Waals surface area (Å²) in [6.45, 7) is 2.77. The number of hydrogen-bond acceptors (Lipinski definition) is 1. The fraction of sp³-hybridized carbons (Fsp3) is 0.929. The number of carbonyl (C=O) groups is 1. The molecule has 0 spiro atoms. The number of nitrogens with one attached hydrogen (secondary N) is 1. The number of urea groups is 1. The Morgan fingerprint density at radius 3 is 2.59 bits per heavy atom. The highest BCUT2D eigenvalue weighted by atomic mass is 16.2. The van der Waals surface area contributed by atoms with Crippen LogP contribution in [-0.2, 0) is 0 Å². The van der Waals surface area contributed by atoms with Gasteiger partial charge in [0.15, 0.2) is 0 Å². The Labute approximate surface area is 105 Å². The largest absolute Gasteiger partial charge is 0.338 e. The maximum atomic E-state index is 11.5. The summed E-state index contributed by atoms with van der Waals surface area (Å²) in [5.74, 6) is 0.936. The Hall–Kier alpha value is -0.730. The van der Waals surface area contributed by atoms with Crippen molar-refractivity contribution in [2.45, 2.75) is 57.8 Å². The zero-order valence-electron chi connectivity index (χ0n) is 10.9. The summed E-state index contributed by atoms with van der Waals surface area (Å²) in [5.41, 5.74) is 0. The summed E-state index contributed by atoms with van der Waals surface area (Å²) in [7, 11) is 0. The third-order valence-corrected chi connectivity index (χ3v) is 4.18. The van der Waals surface area contributed by atoms with Gasteiger partial charge in [0, 0.05) is 19.6 Å². The summed E-state index contributed by atoms with van der Waals surface area (Å²) in [6, 6.07) is 0.150. The molecule has 0 aromatic rings. The molecule has 3 nitrogen and oxygen atoms in total. The minimum absolute atomic E-state index is 0.150. The second kappa shape index (κ2) is 6.87. The van der Waals surface area contributed by atoms with Crippen molar-refractivity contribution in [2.75, 3.05) is 19.6 Å². The number of hydrogen-bond donors (Lipinski definition) is 1. The normalized spacial score (nSPS) is 23.3. The number of rotatable bonds is 4. The van der Waals surface area contributed by atoms with Crippen LogP contribution in [0.3, 0.4) is 0 Å². The molecule has 1 saturated heterocycles. The van der Waals surface area contributed by atoms with Gasteiger partial charge in [0.05, 0.1) is 0 Å². The van der Waals surface area contributed by atoms with Gasteiger partial charge in [-0.2, -0.15) is 0 Å². The standard InChI is InChI=1S/C14H26N2O/c17-14-15-10-6-12-16(14)11-5-9-13-7-3-1-2-4-8-13/h13H,1-12H2,(H,15,17). The average Bonchev–Trinajstić information content (AvgIpc) is 2.60. The van der Waals surface area contributed by atoms with Crippen LogP contribution < -0.4 is 5.32 Å². The van der Waals surface area contributed by atoms with Crippen LogP contribution in [-0.4, -0.2) is 30.6 Å². The van der Waals surface area contributed by atoms with Crippen LogP contribution >= 0.6 is 0 Å². The maximum Gasteiger partial charge on any atom is 0.317 e. The molecule has 1 N–H and O–H groups in total. The highest BCUT2D eigenvalue weighted by Gasteiger charge is 2.18. The van der Waals surface area contributed by atoms with Crippen molar-refractivity contribution in [3.8, 4) is 0 Å².